The van der Waals surface area contributed by atoms with Crippen LogP contribution in [0.3, 0.4) is 0 Å². The molecule has 19 heavy (non-hydrogen) atoms. The highest BCUT2D eigenvalue weighted by molar-refractivity contribution is 5.86. The Morgan fingerprint density at radius 3 is 2.53 bits per heavy atom. The van der Waals surface area contributed by atoms with Crippen LogP contribution in [0.5, 0.6) is 0 Å². The maximum absolute atomic E-state index is 12.8. The van der Waals surface area contributed by atoms with Crippen LogP contribution in [0, 0.1) is 23.7 Å². The van der Waals surface area contributed by atoms with Gasteiger partial charge in [0.25, 0.3) is 0 Å². The molecule has 4 aliphatic rings. The van der Waals surface area contributed by atoms with Gasteiger partial charge in [-0.3, -0.25) is 4.79 Å². The van der Waals surface area contributed by atoms with Crippen molar-refractivity contribution >= 4 is 5.78 Å². The topological polar surface area (TPSA) is 35.5 Å². The molecule has 2 saturated carbocycles. The van der Waals surface area contributed by atoms with Gasteiger partial charge in [0.1, 0.15) is 5.78 Å². The van der Waals surface area contributed by atoms with Crippen molar-refractivity contribution in [3.63, 3.8) is 0 Å². The van der Waals surface area contributed by atoms with E-state index in [-0.39, 0.29) is 11.5 Å². The third-order valence-corrected chi connectivity index (χ3v) is 5.95. The quantitative estimate of drug-likeness (QED) is 0.769. The van der Waals surface area contributed by atoms with Crippen molar-refractivity contribution in [2.24, 2.45) is 23.7 Å². The van der Waals surface area contributed by atoms with Crippen molar-refractivity contribution in [1.29, 1.82) is 0 Å². The molecule has 4 fully saturated rings. The van der Waals surface area contributed by atoms with Crippen LogP contribution >= 0.6 is 0 Å². The van der Waals surface area contributed by atoms with Gasteiger partial charge in [-0.15, -0.1) is 0 Å². The second kappa shape index (κ2) is 4.56. The Hall–Kier alpha value is -0.410. The summed E-state index contributed by atoms with van der Waals surface area (Å²) in [5.74, 6) is 2.75. The Morgan fingerprint density at radius 2 is 1.84 bits per heavy atom. The van der Waals surface area contributed by atoms with E-state index in [1.54, 1.807) is 0 Å². The van der Waals surface area contributed by atoms with E-state index < -0.39 is 0 Å². The van der Waals surface area contributed by atoms with Crippen molar-refractivity contribution in [2.45, 2.75) is 50.5 Å². The van der Waals surface area contributed by atoms with E-state index in [2.05, 4.69) is 0 Å². The second-order valence-electron chi connectivity index (χ2n) is 7.06. The maximum Gasteiger partial charge on any atom is 0.139 e. The second-order valence-corrected chi connectivity index (χ2v) is 7.06. The van der Waals surface area contributed by atoms with E-state index in [4.69, 9.17) is 9.47 Å². The van der Waals surface area contributed by atoms with Gasteiger partial charge in [-0.25, -0.2) is 0 Å². The molecule has 1 spiro atoms. The maximum atomic E-state index is 12.8. The summed E-state index contributed by atoms with van der Waals surface area (Å²) in [5.41, 5.74) is -0.112. The van der Waals surface area contributed by atoms with Crippen LogP contribution in [-0.2, 0) is 14.3 Å². The molecule has 4 atom stereocenters. The van der Waals surface area contributed by atoms with Crippen molar-refractivity contribution < 1.29 is 14.3 Å². The molecule has 4 rings (SSSR count). The van der Waals surface area contributed by atoms with E-state index in [1.807, 2.05) is 0 Å². The highest BCUT2D eigenvalue weighted by atomic mass is 16.6. The molecular formula is C16H24O3. The van der Waals surface area contributed by atoms with Crippen LogP contribution < -0.4 is 0 Å². The average Bonchev–Trinajstić information content (AvgIpc) is 3.02. The number of hydrogen-bond acceptors (Lipinski definition) is 3. The number of rotatable bonds is 2. The number of hydrogen-bond donors (Lipinski definition) is 0. The molecule has 0 aromatic carbocycles. The van der Waals surface area contributed by atoms with Gasteiger partial charge in [-0.1, -0.05) is 12.8 Å². The summed E-state index contributed by atoms with van der Waals surface area (Å²) >= 11 is 0. The van der Waals surface area contributed by atoms with Gasteiger partial charge in [0.2, 0.25) is 0 Å². The zero-order valence-corrected chi connectivity index (χ0v) is 11.6. The highest BCUT2D eigenvalue weighted by Crippen LogP contribution is 2.57. The van der Waals surface area contributed by atoms with Crippen molar-refractivity contribution in [3.8, 4) is 0 Å². The Kier molecular flexibility index (Phi) is 2.96. The van der Waals surface area contributed by atoms with Crippen LogP contribution in [0.1, 0.15) is 44.9 Å². The summed E-state index contributed by atoms with van der Waals surface area (Å²) in [6.07, 6.45) is 8.14. The number of carbonyl (C=O) groups is 1. The molecule has 2 saturated heterocycles. The van der Waals surface area contributed by atoms with Gasteiger partial charge >= 0.3 is 0 Å². The Bertz CT molecular complexity index is 360. The molecule has 2 heterocycles. The first kappa shape index (κ1) is 12.3. The minimum atomic E-state index is -0.112. The summed E-state index contributed by atoms with van der Waals surface area (Å²) in [6.45, 7) is 2.26. The van der Waals surface area contributed by atoms with Gasteiger partial charge in [-0.2, -0.15) is 0 Å². The molecular weight excluding hydrogens is 240 g/mol. The number of ketones is 1. The smallest absolute Gasteiger partial charge is 0.139 e. The molecule has 0 bridgehead atoms. The van der Waals surface area contributed by atoms with Crippen LogP contribution in [0.2, 0.25) is 0 Å². The fourth-order valence-electron chi connectivity index (χ4n) is 4.82. The summed E-state index contributed by atoms with van der Waals surface area (Å²) < 4.78 is 11.4. The lowest BCUT2D eigenvalue weighted by molar-refractivity contribution is -0.138. The molecule has 2 aliphatic carbocycles. The molecule has 3 heteroatoms. The van der Waals surface area contributed by atoms with Crippen LogP contribution in [0.15, 0.2) is 0 Å². The first-order valence-corrected chi connectivity index (χ1v) is 8.05. The van der Waals surface area contributed by atoms with Crippen molar-refractivity contribution in [2.75, 3.05) is 19.8 Å². The minimum absolute atomic E-state index is 0.112. The number of fused-ring (bicyclic) bond motifs is 1. The van der Waals surface area contributed by atoms with Gasteiger partial charge < -0.3 is 9.47 Å². The molecule has 0 aromatic rings. The molecule has 0 N–H and O–H groups in total. The lowest BCUT2D eigenvalue weighted by Gasteiger charge is -2.36. The standard InChI is InChI=1S/C16H24O3/c17-15(14-12-3-1-2-4-13(12)14)11-5-7-19-16(9-11)6-8-18-10-16/h11-14H,1-10H2. The summed E-state index contributed by atoms with van der Waals surface area (Å²) in [4.78, 5) is 12.8. The third kappa shape index (κ3) is 2.06. The molecule has 0 amide bonds. The SMILES string of the molecule is O=C(C1CCOC2(CCOC2)C1)C1C2CCCCC21. The lowest BCUT2D eigenvalue weighted by atomic mass is 9.81. The molecule has 4 unspecified atom stereocenters. The summed E-state index contributed by atoms with van der Waals surface area (Å²) in [5, 5.41) is 0. The van der Waals surface area contributed by atoms with Crippen LogP contribution in [0.4, 0.5) is 0 Å². The molecule has 3 nitrogen and oxygen atoms in total. The first-order valence-electron chi connectivity index (χ1n) is 8.05. The number of Topliss-reactive ketones (excluding diaryl/α,β-unsaturated/α-hetero) is 1. The van der Waals surface area contributed by atoms with E-state index in [1.165, 1.54) is 25.7 Å². The lowest BCUT2D eigenvalue weighted by Crippen LogP contribution is -2.43. The Morgan fingerprint density at radius 1 is 1.05 bits per heavy atom. The van der Waals surface area contributed by atoms with E-state index >= 15 is 0 Å². The predicted octanol–water partition coefficient (Wildman–Crippen LogP) is 2.58. The molecule has 106 valence electrons. The monoisotopic (exact) mass is 264 g/mol. The molecule has 2 aliphatic heterocycles. The van der Waals surface area contributed by atoms with E-state index in [0.717, 1.165) is 44.3 Å². The first-order chi connectivity index (χ1) is 9.29. The van der Waals surface area contributed by atoms with Crippen LogP contribution in [-0.4, -0.2) is 31.2 Å². The normalized spacial score (nSPS) is 49.1. The zero-order chi connectivity index (χ0) is 12.9. The number of ether oxygens (including phenoxy) is 2. The summed E-state index contributed by atoms with van der Waals surface area (Å²) in [6, 6.07) is 0. The van der Waals surface area contributed by atoms with Crippen LogP contribution in [0.25, 0.3) is 0 Å². The summed E-state index contributed by atoms with van der Waals surface area (Å²) in [7, 11) is 0. The van der Waals surface area contributed by atoms with Gasteiger partial charge in [0, 0.05) is 31.5 Å². The van der Waals surface area contributed by atoms with Crippen molar-refractivity contribution in [3.05, 3.63) is 0 Å². The van der Waals surface area contributed by atoms with Gasteiger partial charge in [0.05, 0.1) is 12.2 Å². The van der Waals surface area contributed by atoms with E-state index in [9.17, 15) is 4.79 Å². The molecule has 0 radical (unpaired) electrons. The third-order valence-electron chi connectivity index (χ3n) is 5.95. The van der Waals surface area contributed by atoms with Crippen molar-refractivity contribution in [1.82, 2.24) is 0 Å². The number of carbonyl (C=O) groups excluding carboxylic acids is 1. The Labute approximate surface area is 115 Å². The highest BCUT2D eigenvalue weighted by Gasteiger charge is 2.56. The van der Waals surface area contributed by atoms with Gasteiger partial charge in [-0.05, 0) is 37.5 Å². The fraction of sp³-hybridized carbons (Fsp3) is 0.938. The Balaban J connectivity index is 1.43. The molecule has 0 aromatic heterocycles. The fourth-order valence-corrected chi connectivity index (χ4v) is 4.82. The minimum Gasteiger partial charge on any atom is -0.378 e. The predicted molar refractivity (Wildman–Crippen MR) is 70.8 cm³/mol. The van der Waals surface area contributed by atoms with Gasteiger partial charge in [0.15, 0.2) is 0 Å². The average molecular weight is 264 g/mol. The van der Waals surface area contributed by atoms with E-state index in [0.29, 0.717) is 18.3 Å². The zero-order valence-electron chi connectivity index (χ0n) is 11.6. The largest absolute Gasteiger partial charge is 0.378 e.